The van der Waals surface area contributed by atoms with Crippen LogP contribution in [0.2, 0.25) is 0 Å². The summed E-state index contributed by atoms with van der Waals surface area (Å²) >= 11 is 0. The Morgan fingerprint density at radius 2 is 2.11 bits per heavy atom. The van der Waals surface area contributed by atoms with Crippen molar-refractivity contribution in [3.8, 4) is 0 Å². The van der Waals surface area contributed by atoms with Gasteiger partial charge in [-0.15, -0.1) is 0 Å². The van der Waals surface area contributed by atoms with Crippen LogP contribution < -0.4 is 5.73 Å². The highest BCUT2D eigenvalue weighted by molar-refractivity contribution is 5.48. The van der Waals surface area contributed by atoms with Crippen LogP contribution in [0.3, 0.4) is 0 Å². The molecule has 1 aromatic rings. The number of hydrogen-bond donors (Lipinski definition) is 1. The van der Waals surface area contributed by atoms with E-state index in [2.05, 4.69) is 47.4 Å². The normalized spacial score (nSPS) is 21.5. The fourth-order valence-electron chi connectivity index (χ4n) is 2.59. The van der Waals surface area contributed by atoms with Crippen LogP contribution in [-0.2, 0) is 0 Å². The van der Waals surface area contributed by atoms with Gasteiger partial charge in [0.05, 0.1) is 0 Å². The first kappa shape index (κ1) is 13.3. The van der Waals surface area contributed by atoms with E-state index in [0.29, 0.717) is 0 Å². The van der Waals surface area contributed by atoms with Crippen LogP contribution >= 0.6 is 0 Å². The van der Waals surface area contributed by atoms with Crippen LogP contribution in [0.5, 0.6) is 0 Å². The monoisotopic (exact) mass is 244 g/mol. The van der Waals surface area contributed by atoms with Crippen molar-refractivity contribution in [1.82, 2.24) is 4.90 Å². The number of nitrogens with two attached hydrogens (primary N) is 1. The molecule has 1 fully saturated rings. The van der Waals surface area contributed by atoms with Gasteiger partial charge < -0.3 is 10.6 Å². The summed E-state index contributed by atoms with van der Waals surface area (Å²) in [5.41, 5.74) is 7.04. The van der Waals surface area contributed by atoms with Crippen LogP contribution in [0, 0.1) is 5.92 Å². The van der Waals surface area contributed by atoms with Crippen molar-refractivity contribution >= 4 is 6.08 Å². The second-order valence-corrected chi connectivity index (χ2v) is 5.15. The SMILES string of the molecule is NC[C@@H]1CCCN(CC/C=C/c2ccccc2)C1. The quantitative estimate of drug-likeness (QED) is 0.863. The minimum absolute atomic E-state index is 0.719. The molecule has 18 heavy (non-hydrogen) atoms. The molecule has 1 heterocycles. The molecule has 1 saturated heterocycles. The molecular formula is C16H24N2. The Hall–Kier alpha value is -1.12. The topological polar surface area (TPSA) is 29.3 Å². The summed E-state index contributed by atoms with van der Waals surface area (Å²) in [5.74, 6) is 0.719. The van der Waals surface area contributed by atoms with Gasteiger partial charge in [0.15, 0.2) is 0 Å². The smallest absolute Gasteiger partial charge is 0.00218 e. The van der Waals surface area contributed by atoms with Crippen LogP contribution in [0.25, 0.3) is 6.08 Å². The Bertz CT molecular complexity index is 359. The maximum atomic E-state index is 5.76. The molecule has 0 radical (unpaired) electrons. The second kappa shape index (κ2) is 7.34. The van der Waals surface area contributed by atoms with E-state index in [1.165, 1.54) is 38.0 Å². The summed E-state index contributed by atoms with van der Waals surface area (Å²) in [4.78, 5) is 2.55. The van der Waals surface area contributed by atoms with E-state index < -0.39 is 0 Å². The summed E-state index contributed by atoms with van der Waals surface area (Å²) in [6.07, 6.45) is 8.25. The maximum Gasteiger partial charge on any atom is 0.00218 e. The Labute approximate surface area is 110 Å². The number of hydrogen-bond acceptors (Lipinski definition) is 2. The predicted molar refractivity (Wildman–Crippen MR) is 78.3 cm³/mol. The van der Waals surface area contributed by atoms with E-state index >= 15 is 0 Å². The van der Waals surface area contributed by atoms with Crippen LogP contribution in [0.15, 0.2) is 36.4 Å². The van der Waals surface area contributed by atoms with E-state index in [1.807, 2.05) is 0 Å². The Balaban J connectivity index is 1.70. The molecule has 2 N–H and O–H groups in total. The molecule has 0 amide bonds. The van der Waals surface area contributed by atoms with Gasteiger partial charge in [-0.05, 0) is 43.8 Å². The van der Waals surface area contributed by atoms with Crippen molar-refractivity contribution in [1.29, 1.82) is 0 Å². The lowest BCUT2D eigenvalue weighted by Gasteiger charge is -2.31. The first-order valence-electron chi connectivity index (χ1n) is 7.02. The van der Waals surface area contributed by atoms with Gasteiger partial charge in [-0.3, -0.25) is 0 Å². The predicted octanol–water partition coefficient (Wildman–Crippen LogP) is 2.76. The van der Waals surface area contributed by atoms with E-state index in [4.69, 9.17) is 5.73 Å². The molecule has 0 saturated carbocycles. The standard InChI is InChI=1S/C16H24N2/c17-13-16-10-6-12-18(14-16)11-5-4-9-15-7-2-1-3-8-15/h1-4,7-9,16H,5-6,10-14,17H2/b9-4+/t16-/m0/s1. The Morgan fingerprint density at radius 3 is 2.89 bits per heavy atom. The third-order valence-electron chi connectivity index (χ3n) is 3.66. The molecular weight excluding hydrogens is 220 g/mol. The first-order chi connectivity index (χ1) is 8.88. The van der Waals surface area contributed by atoms with Crippen LogP contribution in [0.4, 0.5) is 0 Å². The lowest BCUT2D eigenvalue weighted by atomic mass is 9.98. The molecule has 1 aromatic carbocycles. The minimum atomic E-state index is 0.719. The highest BCUT2D eigenvalue weighted by Gasteiger charge is 2.17. The van der Waals surface area contributed by atoms with Gasteiger partial charge in [-0.2, -0.15) is 0 Å². The van der Waals surface area contributed by atoms with E-state index in [9.17, 15) is 0 Å². The summed E-state index contributed by atoms with van der Waals surface area (Å²) < 4.78 is 0. The lowest BCUT2D eigenvalue weighted by Crippen LogP contribution is -2.38. The first-order valence-corrected chi connectivity index (χ1v) is 7.02. The molecule has 0 spiro atoms. The zero-order valence-electron chi connectivity index (χ0n) is 11.1. The maximum absolute atomic E-state index is 5.76. The van der Waals surface area contributed by atoms with Crippen LogP contribution in [-0.4, -0.2) is 31.1 Å². The Morgan fingerprint density at radius 1 is 1.28 bits per heavy atom. The third-order valence-corrected chi connectivity index (χ3v) is 3.66. The number of nitrogens with zero attached hydrogens (tertiary/aromatic N) is 1. The fraction of sp³-hybridized carbons (Fsp3) is 0.500. The minimum Gasteiger partial charge on any atom is -0.330 e. The van der Waals surface area contributed by atoms with Crippen molar-refractivity contribution in [2.45, 2.75) is 19.3 Å². The molecule has 1 aliphatic heterocycles. The van der Waals surface area contributed by atoms with Gasteiger partial charge in [0.1, 0.15) is 0 Å². The van der Waals surface area contributed by atoms with Crippen molar-refractivity contribution in [2.75, 3.05) is 26.2 Å². The van der Waals surface area contributed by atoms with Gasteiger partial charge in [-0.1, -0.05) is 42.5 Å². The molecule has 0 aromatic heterocycles. The van der Waals surface area contributed by atoms with Crippen molar-refractivity contribution in [3.63, 3.8) is 0 Å². The van der Waals surface area contributed by atoms with E-state index in [1.54, 1.807) is 0 Å². The van der Waals surface area contributed by atoms with E-state index in [0.717, 1.165) is 18.9 Å². The molecule has 0 unspecified atom stereocenters. The second-order valence-electron chi connectivity index (χ2n) is 5.15. The summed E-state index contributed by atoms with van der Waals surface area (Å²) in [6.45, 7) is 4.45. The fourth-order valence-corrected chi connectivity index (χ4v) is 2.59. The highest BCUT2D eigenvalue weighted by Crippen LogP contribution is 2.15. The summed E-state index contributed by atoms with van der Waals surface area (Å²) in [7, 11) is 0. The Kier molecular flexibility index (Phi) is 5.43. The lowest BCUT2D eigenvalue weighted by molar-refractivity contribution is 0.181. The average Bonchev–Trinajstić information content (AvgIpc) is 2.45. The van der Waals surface area contributed by atoms with Gasteiger partial charge in [0, 0.05) is 13.1 Å². The number of likely N-dealkylation sites (tertiary alicyclic amines) is 1. The average molecular weight is 244 g/mol. The largest absolute Gasteiger partial charge is 0.330 e. The van der Waals surface area contributed by atoms with Crippen LogP contribution in [0.1, 0.15) is 24.8 Å². The highest BCUT2D eigenvalue weighted by atomic mass is 15.1. The third kappa shape index (κ3) is 4.28. The van der Waals surface area contributed by atoms with Crippen molar-refractivity contribution < 1.29 is 0 Å². The van der Waals surface area contributed by atoms with Gasteiger partial charge >= 0.3 is 0 Å². The molecule has 2 nitrogen and oxygen atoms in total. The number of rotatable bonds is 5. The van der Waals surface area contributed by atoms with Crippen molar-refractivity contribution in [2.24, 2.45) is 11.7 Å². The molecule has 2 heteroatoms. The zero-order valence-corrected chi connectivity index (χ0v) is 11.1. The zero-order chi connectivity index (χ0) is 12.6. The molecule has 1 atom stereocenters. The summed E-state index contributed by atoms with van der Waals surface area (Å²) in [5, 5.41) is 0. The van der Waals surface area contributed by atoms with Crippen molar-refractivity contribution in [3.05, 3.63) is 42.0 Å². The van der Waals surface area contributed by atoms with E-state index in [-0.39, 0.29) is 0 Å². The molecule has 1 aliphatic rings. The summed E-state index contributed by atoms with van der Waals surface area (Å²) in [6, 6.07) is 10.5. The molecule has 0 aliphatic carbocycles. The van der Waals surface area contributed by atoms with Gasteiger partial charge in [0.2, 0.25) is 0 Å². The molecule has 2 rings (SSSR count). The molecule has 98 valence electrons. The van der Waals surface area contributed by atoms with Gasteiger partial charge in [0.25, 0.3) is 0 Å². The number of piperidine rings is 1. The number of benzene rings is 1. The van der Waals surface area contributed by atoms with Gasteiger partial charge in [-0.25, -0.2) is 0 Å². The molecule has 0 bridgehead atoms.